The molecule has 0 bridgehead atoms. The Morgan fingerprint density at radius 3 is 2.00 bits per heavy atom. The fraction of sp³-hybridized carbons (Fsp3) is 0.409. The second-order valence-electron chi connectivity index (χ2n) is 7.36. The zero-order valence-corrected chi connectivity index (χ0v) is 14.7. The van der Waals surface area contributed by atoms with Crippen molar-refractivity contribution in [1.29, 1.82) is 0 Å². The predicted molar refractivity (Wildman–Crippen MR) is 99.2 cm³/mol. The first-order valence-electron chi connectivity index (χ1n) is 9.16. The first kappa shape index (κ1) is 16.9. The molecule has 0 radical (unpaired) electrons. The Hall–Kier alpha value is -1.93. The number of quaternary nitrogens is 1. The molecule has 2 heteroatoms. The second kappa shape index (κ2) is 7.76. The summed E-state index contributed by atoms with van der Waals surface area (Å²) in [5.41, 5.74) is 1.97. The van der Waals surface area contributed by atoms with Crippen LogP contribution in [0.25, 0.3) is 0 Å². The number of rotatable bonds is 5. The van der Waals surface area contributed by atoms with Crippen molar-refractivity contribution in [2.24, 2.45) is 0 Å². The van der Waals surface area contributed by atoms with Gasteiger partial charge in [-0.05, 0) is 31.2 Å². The maximum absolute atomic E-state index is 13.2. The van der Waals surface area contributed by atoms with Crippen LogP contribution in [0.4, 0.5) is 0 Å². The minimum atomic E-state index is -0.0586. The summed E-state index contributed by atoms with van der Waals surface area (Å²) in [6, 6.07) is 20.1. The Morgan fingerprint density at radius 1 is 0.875 bits per heavy atom. The lowest BCUT2D eigenvalue weighted by Gasteiger charge is -2.36. The van der Waals surface area contributed by atoms with Crippen LogP contribution in [0.2, 0.25) is 0 Å². The van der Waals surface area contributed by atoms with E-state index in [0.717, 1.165) is 22.2 Å². The van der Waals surface area contributed by atoms with Gasteiger partial charge in [-0.3, -0.25) is 4.79 Å². The fourth-order valence-electron chi connectivity index (χ4n) is 3.90. The molecule has 2 nitrogen and oxygen atoms in total. The SMILES string of the molecule is C[N+]1(C[C@H](C(=O)c2ccccc2)c2ccccc2)CCCCCC1. The smallest absolute Gasteiger partial charge is 0.175 e. The Morgan fingerprint density at radius 2 is 1.42 bits per heavy atom. The molecule has 1 atom stereocenters. The Kier molecular flexibility index (Phi) is 5.47. The van der Waals surface area contributed by atoms with Gasteiger partial charge >= 0.3 is 0 Å². The Labute approximate surface area is 145 Å². The van der Waals surface area contributed by atoms with Gasteiger partial charge in [0.25, 0.3) is 0 Å². The van der Waals surface area contributed by atoms with Gasteiger partial charge in [0.05, 0.1) is 32.6 Å². The van der Waals surface area contributed by atoms with E-state index >= 15 is 0 Å². The highest BCUT2D eigenvalue weighted by atomic mass is 16.1. The average molecular weight is 322 g/mol. The topological polar surface area (TPSA) is 17.1 Å². The Bertz CT molecular complexity index is 642. The van der Waals surface area contributed by atoms with Crippen LogP contribution in [0.5, 0.6) is 0 Å². The molecule has 0 N–H and O–H groups in total. The molecule has 1 saturated heterocycles. The zero-order chi connectivity index (χ0) is 16.8. The number of carbonyl (C=O) groups is 1. The van der Waals surface area contributed by atoms with Gasteiger partial charge in [-0.15, -0.1) is 0 Å². The summed E-state index contributed by atoms with van der Waals surface area (Å²) in [4.78, 5) is 13.2. The number of hydrogen-bond donors (Lipinski definition) is 0. The summed E-state index contributed by atoms with van der Waals surface area (Å²) in [5, 5.41) is 0. The van der Waals surface area contributed by atoms with E-state index in [1.807, 2.05) is 48.5 Å². The number of nitrogens with zero attached hydrogens (tertiary/aromatic N) is 1. The third-order valence-electron chi connectivity index (χ3n) is 5.35. The predicted octanol–water partition coefficient (Wildman–Crippen LogP) is 4.67. The van der Waals surface area contributed by atoms with E-state index in [1.165, 1.54) is 38.8 Å². The van der Waals surface area contributed by atoms with Gasteiger partial charge in [-0.1, -0.05) is 60.7 Å². The quantitative estimate of drug-likeness (QED) is 0.577. The third-order valence-corrected chi connectivity index (χ3v) is 5.35. The van der Waals surface area contributed by atoms with Crippen molar-refractivity contribution in [1.82, 2.24) is 0 Å². The molecule has 3 rings (SSSR count). The molecule has 0 saturated carbocycles. The number of ketones is 1. The summed E-state index contributed by atoms with van der Waals surface area (Å²) < 4.78 is 1.01. The molecule has 1 aliphatic heterocycles. The van der Waals surface area contributed by atoms with Crippen molar-refractivity contribution in [2.45, 2.75) is 31.6 Å². The molecule has 0 spiro atoms. The van der Waals surface area contributed by atoms with Crippen LogP contribution in [-0.4, -0.2) is 36.9 Å². The molecular formula is C22H28NO+. The van der Waals surface area contributed by atoms with Crippen molar-refractivity contribution in [3.63, 3.8) is 0 Å². The largest absolute Gasteiger partial charge is 0.325 e. The van der Waals surface area contributed by atoms with Gasteiger partial charge in [-0.25, -0.2) is 0 Å². The molecule has 0 aromatic heterocycles. The summed E-state index contributed by atoms with van der Waals surface area (Å²) in [5.74, 6) is 0.196. The van der Waals surface area contributed by atoms with Gasteiger partial charge in [0, 0.05) is 5.56 Å². The van der Waals surface area contributed by atoms with Crippen molar-refractivity contribution in [3.8, 4) is 0 Å². The molecule has 0 amide bonds. The first-order chi connectivity index (χ1) is 11.7. The number of benzene rings is 2. The lowest BCUT2D eigenvalue weighted by molar-refractivity contribution is -0.909. The van der Waals surface area contributed by atoms with Crippen molar-refractivity contribution >= 4 is 5.78 Å². The van der Waals surface area contributed by atoms with Crippen LogP contribution < -0.4 is 0 Å². The molecule has 0 aliphatic carbocycles. The molecule has 24 heavy (non-hydrogen) atoms. The zero-order valence-electron chi connectivity index (χ0n) is 14.7. The van der Waals surface area contributed by atoms with Crippen LogP contribution in [0.1, 0.15) is 47.5 Å². The lowest BCUT2D eigenvalue weighted by atomic mass is 9.89. The summed E-state index contributed by atoms with van der Waals surface area (Å²) in [7, 11) is 2.33. The molecule has 1 fully saturated rings. The monoisotopic (exact) mass is 322 g/mol. The van der Waals surface area contributed by atoms with Crippen LogP contribution in [-0.2, 0) is 0 Å². The highest BCUT2D eigenvalue weighted by molar-refractivity contribution is 6.01. The summed E-state index contributed by atoms with van der Waals surface area (Å²) >= 11 is 0. The molecule has 126 valence electrons. The van der Waals surface area contributed by atoms with E-state index < -0.39 is 0 Å². The standard InChI is InChI=1S/C22H28NO/c1-23(16-10-2-3-11-17-23)18-21(19-12-6-4-7-13-19)22(24)20-14-8-5-9-15-20/h4-9,12-15,21H,2-3,10-11,16-18H2,1H3/q+1/t21-/m0/s1. The number of Topliss-reactive ketones (excluding diaryl/α,β-unsaturated/α-hetero) is 1. The molecule has 1 aliphatic rings. The molecular weight excluding hydrogens is 294 g/mol. The number of likely N-dealkylation sites (tertiary alicyclic amines) is 1. The highest BCUT2D eigenvalue weighted by Crippen LogP contribution is 2.27. The minimum Gasteiger partial charge on any atom is -0.325 e. The number of hydrogen-bond acceptors (Lipinski definition) is 1. The summed E-state index contributed by atoms with van der Waals surface area (Å²) in [6.45, 7) is 3.27. The van der Waals surface area contributed by atoms with Crippen molar-refractivity contribution in [2.75, 3.05) is 26.7 Å². The van der Waals surface area contributed by atoms with E-state index in [-0.39, 0.29) is 11.7 Å². The lowest BCUT2D eigenvalue weighted by Crippen LogP contribution is -2.48. The molecule has 1 heterocycles. The first-order valence-corrected chi connectivity index (χ1v) is 9.16. The molecule has 2 aromatic rings. The third kappa shape index (κ3) is 4.12. The second-order valence-corrected chi connectivity index (χ2v) is 7.36. The minimum absolute atomic E-state index is 0.0586. The maximum atomic E-state index is 13.2. The average Bonchev–Trinajstić information content (AvgIpc) is 2.85. The number of carbonyl (C=O) groups excluding carboxylic acids is 1. The van der Waals surface area contributed by atoms with Crippen LogP contribution in [0.15, 0.2) is 60.7 Å². The van der Waals surface area contributed by atoms with E-state index in [2.05, 4.69) is 19.2 Å². The van der Waals surface area contributed by atoms with Gasteiger partial charge in [0.15, 0.2) is 5.78 Å². The van der Waals surface area contributed by atoms with E-state index in [9.17, 15) is 4.79 Å². The Balaban J connectivity index is 1.89. The van der Waals surface area contributed by atoms with Crippen LogP contribution in [0.3, 0.4) is 0 Å². The maximum Gasteiger partial charge on any atom is 0.175 e. The molecule has 0 unspecified atom stereocenters. The van der Waals surface area contributed by atoms with Gasteiger partial charge in [0.1, 0.15) is 0 Å². The van der Waals surface area contributed by atoms with Crippen molar-refractivity contribution < 1.29 is 9.28 Å². The van der Waals surface area contributed by atoms with Gasteiger partial charge < -0.3 is 4.48 Å². The van der Waals surface area contributed by atoms with Crippen LogP contribution in [0, 0.1) is 0 Å². The fourth-order valence-corrected chi connectivity index (χ4v) is 3.90. The van der Waals surface area contributed by atoms with E-state index in [4.69, 9.17) is 0 Å². The molecule has 2 aromatic carbocycles. The highest BCUT2D eigenvalue weighted by Gasteiger charge is 2.32. The number of likely N-dealkylation sites (N-methyl/N-ethyl adjacent to an activating group) is 1. The normalized spacial score (nSPS) is 18.5. The summed E-state index contributed by atoms with van der Waals surface area (Å²) in [6.07, 6.45) is 5.21. The van der Waals surface area contributed by atoms with Gasteiger partial charge in [-0.2, -0.15) is 0 Å². The van der Waals surface area contributed by atoms with Crippen LogP contribution >= 0.6 is 0 Å². The van der Waals surface area contributed by atoms with Crippen molar-refractivity contribution in [3.05, 3.63) is 71.8 Å². The van der Waals surface area contributed by atoms with E-state index in [1.54, 1.807) is 0 Å². The van der Waals surface area contributed by atoms with Gasteiger partial charge in [0.2, 0.25) is 0 Å². The van der Waals surface area contributed by atoms with E-state index in [0.29, 0.717) is 0 Å².